The Hall–Kier alpha value is -3.43. The first kappa shape index (κ1) is 20.8. The molecule has 0 bridgehead atoms. The first-order valence-electron chi connectivity index (χ1n) is 9.61. The van der Waals surface area contributed by atoms with Crippen molar-refractivity contribution >= 4 is 28.2 Å². The number of ketones is 2. The van der Waals surface area contributed by atoms with Crippen LogP contribution in [0.2, 0.25) is 0 Å². The zero-order valence-electron chi connectivity index (χ0n) is 17.1. The van der Waals surface area contributed by atoms with Gasteiger partial charge in [0, 0.05) is 5.92 Å². The molecule has 162 valence electrons. The van der Waals surface area contributed by atoms with Gasteiger partial charge in [-0.2, -0.15) is 0 Å². The lowest BCUT2D eigenvalue weighted by Crippen LogP contribution is -2.64. The van der Waals surface area contributed by atoms with Crippen molar-refractivity contribution in [2.75, 3.05) is 14.1 Å². The number of nitrogens with two attached hydrogens (primary N) is 1. The van der Waals surface area contributed by atoms with Crippen LogP contribution in [0.1, 0.15) is 21.5 Å². The van der Waals surface area contributed by atoms with E-state index in [1.54, 1.807) is 33.2 Å². The first-order valence-corrected chi connectivity index (χ1v) is 9.61. The average Bonchev–Trinajstić information content (AvgIpc) is 2.68. The highest BCUT2D eigenvalue weighted by atomic mass is 16.3. The number of carbonyl (C=O) groups excluding carboxylic acids is 3. The first-order chi connectivity index (χ1) is 14.4. The summed E-state index contributed by atoms with van der Waals surface area (Å²) in [5.74, 6) is -6.18. The molecule has 2 aliphatic carbocycles. The fraction of sp³-hybridized carbons (Fsp3) is 0.318. The van der Waals surface area contributed by atoms with E-state index in [1.165, 1.54) is 11.0 Å². The van der Waals surface area contributed by atoms with Crippen molar-refractivity contribution in [3.8, 4) is 11.5 Å². The number of aryl methyl sites for hydroxylation is 1. The molecule has 9 nitrogen and oxygen atoms in total. The van der Waals surface area contributed by atoms with E-state index in [-0.39, 0.29) is 23.1 Å². The Labute approximate surface area is 177 Å². The van der Waals surface area contributed by atoms with Gasteiger partial charge in [-0.3, -0.25) is 19.3 Å². The largest absolute Gasteiger partial charge is 0.508 e. The molecule has 0 saturated heterocycles. The lowest BCUT2D eigenvalue weighted by molar-refractivity contribution is -0.132. The Balaban J connectivity index is 2.11. The van der Waals surface area contributed by atoms with Crippen LogP contribution in [0.5, 0.6) is 11.5 Å². The fourth-order valence-corrected chi connectivity index (χ4v) is 5.04. The highest BCUT2D eigenvalue weighted by molar-refractivity contribution is 6.25. The zero-order chi connectivity index (χ0) is 23.0. The number of phenolic OH excluding ortho intramolecular Hbond substituents is 2. The number of aliphatic hydroxyl groups excluding tert-OH is 1. The van der Waals surface area contributed by atoms with E-state index < -0.39 is 52.1 Å². The summed E-state index contributed by atoms with van der Waals surface area (Å²) in [6.07, 6.45) is -0.0484. The molecule has 0 fully saturated rings. The minimum absolute atomic E-state index is 0.0313. The second kappa shape index (κ2) is 6.53. The molecule has 1 amide bonds. The topological polar surface area (TPSA) is 161 Å². The van der Waals surface area contributed by atoms with E-state index in [4.69, 9.17) is 5.73 Å². The van der Waals surface area contributed by atoms with Crippen LogP contribution in [0.25, 0.3) is 10.8 Å². The van der Waals surface area contributed by atoms with Crippen molar-refractivity contribution in [1.82, 2.24) is 4.90 Å². The van der Waals surface area contributed by atoms with Crippen molar-refractivity contribution in [3.05, 3.63) is 46.2 Å². The Morgan fingerprint density at radius 1 is 1.19 bits per heavy atom. The van der Waals surface area contributed by atoms with Gasteiger partial charge in [-0.25, -0.2) is 0 Å². The number of fused-ring (bicyclic) bond motifs is 3. The van der Waals surface area contributed by atoms with Gasteiger partial charge in [0.2, 0.25) is 5.78 Å². The third kappa shape index (κ3) is 2.47. The predicted octanol–water partition coefficient (Wildman–Crippen LogP) is 0.456. The molecule has 2 aromatic rings. The monoisotopic (exact) mass is 426 g/mol. The third-order valence-electron chi connectivity index (χ3n) is 6.51. The summed E-state index contributed by atoms with van der Waals surface area (Å²) >= 11 is 0. The van der Waals surface area contributed by atoms with Crippen LogP contribution in [-0.2, 0) is 16.0 Å². The number of phenols is 2. The van der Waals surface area contributed by atoms with E-state index in [1.807, 2.05) is 0 Å². The summed E-state index contributed by atoms with van der Waals surface area (Å²) in [5, 5.41) is 43.9. The number of rotatable bonds is 2. The maximum atomic E-state index is 13.6. The zero-order valence-corrected chi connectivity index (χ0v) is 17.1. The van der Waals surface area contributed by atoms with Gasteiger partial charge in [-0.15, -0.1) is 0 Å². The smallest absolute Gasteiger partial charge is 0.255 e. The van der Waals surface area contributed by atoms with Crippen molar-refractivity contribution in [1.29, 1.82) is 0 Å². The van der Waals surface area contributed by atoms with Gasteiger partial charge in [0.05, 0.1) is 17.0 Å². The van der Waals surface area contributed by atoms with Crippen LogP contribution in [-0.4, -0.2) is 68.5 Å². The number of amides is 1. The maximum absolute atomic E-state index is 13.6. The third-order valence-corrected chi connectivity index (χ3v) is 6.51. The van der Waals surface area contributed by atoms with Crippen LogP contribution < -0.4 is 5.73 Å². The number of benzene rings is 2. The minimum Gasteiger partial charge on any atom is -0.508 e. The molecular formula is C22H22N2O7. The van der Waals surface area contributed by atoms with E-state index in [0.717, 1.165) is 0 Å². The molecule has 0 saturated carbocycles. The summed E-state index contributed by atoms with van der Waals surface area (Å²) < 4.78 is 0. The molecule has 31 heavy (non-hydrogen) atoms. The standard InChI is InChI=1S/C22H22N2O7/c1-8-9-5-4-6-12(25)13(9)17(26)14-10(8)7-11-16(24(2)3)18(27)15(21(23)30)20(29)22(11,31)19(14)28/h4-6,11,16,25-26,29,31H,7H2,1-3H3,(H2,23,30)/t11?,16?,22-/m0/s1. The van der Waals surface area contributed by atoms with Gasteiger partial charge < -0.3 is 26.2 Å². The Kier molecular flexibility index (Phi) is 4.39. The number of Topliss-reactive ketones (excluding diaryl/α,β-unsaturated/α-hetero) is 2. The summed E-state index contributed by atoms with van der Waals surface area (Å²) in [6.45, 7) is 1.71. The quantitative estimate of drug-likeness (QED) is 0.433. The lowest BCUT2D eigenvalue weighted by atomic mass is 9.61. The number of aromatic hydroxyl groups is 2. The van der Waals surface area contributed by atoms with Crippen molar-refractivity contribution in [2.24, 2.45) is 11.7 Å². The lowest BCUT2D eigenvalue weighted by Gasteiger charge is -2.47. The van der Waals surface area contributed by atoms with Gasteiger partial charge >= 0.3 is 0 Å². The van der Waals surface area contributed by atoms with Gasteiger partial charge in [-0.1, -0.05) is 12.1 Å². The molecule has 6 N–H and O–H groups in total. The molecule has 3 atom stereocenters. The molecule has 0 aromatic heterocycles. The van der Waals surface area contributed by atoms with E-state index in [0.29, 0.717) is 16.5 Å². The van der Waals surface area contributed by atoms with Crippen LogP contribution in [0, 0.1) is 12.8 Å². The SMILES string of the molecule is Cc1c2c(c(O)c3c(O)cccc13)C(=O)[C@]1(O)C(O)=C(C(N)=O)C(=O)C(N(C)C)C1C2. The second-order valence-corrected chi connectivity index (χ2v) is 8.29. The fourth-order valence-electron chi connectivity index (χ4n) is 5.04. The van der Waals surface area contributed by atoms with Gasteiger partial charge in [0.1, 0.15) is 22.8 Å². The summed E-state index contributed by atoms with van der Waals surface area (Å²) in [5.41, 5.74) is 2.50. The highest BCUT2D eigenvalue weighted by Gasteiger charge is 2.62. The van der Waals surface area contributed by atoms with E-state index >= 15 is 0 Å². The van der Waals surface area contributed by atoms with Crippen LogP contribution in [0.4, 0.5) is 0 Å². The molecule has 9 heteroatoms. The number of carbonyl (C=O) groups is 3. The van der Waals surface area contributed by atoms with E-state index in [2.05, 4.69) is 0 Å². The van der Waals surface area contributed by atoms with Gasteiger partial charge in [0.25, 0.3) is 5.91 Å². The number of aliphatic hydroxyl groups is 2. The van der Waals surface area contributed by atoms with E-state index in [9.17, 15) is 34.8 Å². The minimum atomic E-state index is -2.65. The Bertz CT molecular complexity index is 1230. The molecule has 4 rings (SSSR count). The van der Waals surface area contributed by atoms with Crippen molar-refractivity contribution in [2.45, 2.75) is 25.0 Å². The summed E-state index contributed by atoms with van der Waals surface area (Å²) in [7, 11) is 3.10. The van der Waals surface area contributed by atoms with Gasteiger partial charge in [0.15, 0.2) is 11.4 Å². The number of primary amides is 1. The number of nitrogens with zero attached hydrogens (tertiary/aromatic N) is 1. The van der Waals surface area contributed by atoms with Gasteiger partial charge in [-0.05, 0) is 50.0 Å². The number of hydrogen-bond donors (Lipinski definition) is 5. The molecule has 0 radical (unpaired) electrons. The number of hydrogen-bond acceptors (Lipinski definition) is 8. The molecule has 2 aromatic carbocycles. The normalized spacial score (nSPS) is 25.7. The Morgan fingerprint density at radius 2 is 1.84 bits per heavy atom. The molecule has 2 aliphatic rings. The average molecular weight is 426 g/mol. The molecule has 0 aliphatic heterocycles. The molecule has 2 unspecified atom stereocenters. The number of likely N-dealkylation sites (N-methyl/N-ethyl adjacent to an activating group) is 1. The van der Waals surface area contributed by atoms with Crippen molar-refractivity contribution in [3.63, 3.8) is 0 Å². The predicted molar refractivity (Wildman–Crippen MR) is 110 cm³/mol. The Morgan fingerprint density at radius 3 is 2.42 bits per heavy atom. The van der Waals surface area contributed by atoms with Crippen LogP contribution in [0.15, 0.2) is 29.5 Å². The molecular weight excluding hydrogens is 404 g/mol. The van der Waals surface area contributed by atoms with Crippen molar-refractivity contribution < 1.29 is 34.8 Å². The second-order valence-electron chi connectivity index (χ2n) is 8.29. The maximum Gasteiger partial charge on any atom is 0.255 e. The summed E-state index contributed by atoms with van der Waals surface area (Å²) in [6, 6.07) is 3.50. The summed E-state index contributed by atoms with van der Waals surface area (Å²) in [4.78, 5) is 39.9. The van der Waals surface area contributed by atoms with Crippen LogP contribution in [0.3, 0.4) is 0 Å². The molecule has 0 spiro atoms. The molecule has 0 heterocycles. The highest BCUT2D eigenvalue weighted by Crippen LogP contribution is 2.50. The van der Waals surface area contributed by atoms with Crippen LogP contribution >= 0.6 is 0 Å².